The Morgan fingerprint density at radius 3 is 2.26 bits per heavy atom. The highest BCUT2D eigenvalue weighted by Crippen LogP contribution is 2.07. The Balaban J connectivity index is 2.30. The zero-order valence-electron chi connectivity index (χ0n) is 13.9. The molecule has 0 unspecified atom stereocenters. The van der Waals surface area contributed by atoms with Crippen LogP contribution in [0.4, 0.5) is 11.6 Å². The van der Waals surface area contributed by atoms with Crippen LogP contribution in [0.3, 0.4) is 0 Å². The van der Waals surface area contributed by atoms with Gasteiger partial charge in [-0.1, -0.05) is 24.6 Å². The van der Waals surface area contributed by atoms with Crippen molar-refractivity contribution in [1.82, 2.24) is 15.3 Å². The molecule has 0 saturated carbocycles. The van der Waals surface area contributed by atoms with Crippen molar-refractivity contribution < 1.29 is 9.79 Å². The number of benzene rings is 1. The summed E-state index contributed by atoms with van der Waals surface area (Å²) in [6.07, 6.45) is 0.383. The Morgan fingerprint density at radius 1 is 1.09 bits per heavy atom. The number of amides is 1. The third kappa shape index (κ3) is 5.18. The number of nitrogens with zero attached hydrogens (tertiary/aromatic N) is 2. The van der Waals surface area contributed by atoms with Gasteiger partial charge in [0.2, 0.25) is 0 Å². The van der Waals surface area contributed by atoms with Crippen molar-refractivity contribution in [2.75, 3.05) is 5.32 Å². The number of anilines is 1. The van der Waals surface area contributed by atoms with E-state index in [4.69, 9.17) is 0 Å². The summed E-state index contributed by atoms with van der Waals surface area (Å²) in [5, 5.41) is 5.95. The summed E-state index contributed by atoms with van der Waals surface area (Å²) >= 11 is 0. The highest BCUT2D eigenvalue weighted by Gasteiger charge is 2.12. The number of hydrogen-bond acceptors (Lipinski definition) is 3. The first-order chi connectivity index (χ1) is 11.0. The number of rotatable bonds is 3. The van der Waals surface area contributed by atoms with E-state index in [1.54, 1.807) is 6.92 Å². The SMILES string of the molecule is CCC(=O)N/C(Nc1ccc(C)cc1)=[NH+]\c1nc(C)cc(C)n1. The summed E-state index contributed by atoms with van der Waals surface area (Å²) in [4.78, 5) is 23.4. The third-order valence-electron chi connectivity index (χ3n) is 3.13. The van der Waals surface area contributed by atoms with E-state index in [0.717, 1.165) is 17.1 Å². The van der Waals surface area contributed by atoms with Crippen LogP contribution in [0.5, 0.6) is 0 Å². The quantitative estimate of drug-likeness (QED) is 0.586. The van der Waals surface area contributed by atoms with Crippen molar-refractivity contribution >= 4 is 23.5 Å². The molecule has 120 valence electrons. The third-order valence-corrected chi connectivity index (χ3v) is 3.13. The number of aromatic nitrogens is 2. The summed E-state index contributed by atoms with van der Waals surface area (Å²) in [6.45, 7) is 7.62. The van der Waals surface area contributed by atoms with Gasteiger partial charge in [-0.2, -0.15) is 0 Å². The van der Waals surface area contributed by atoms with Crippen LogP contribution < -0.4 is 15.6 Å². The Kier molecular flexibility index (Phi) is 5.41. The maximum Gasteiger partial charge on any atom is 0.354 e. The molecule has 0 atom stereocenters. The fourth-order valence-electron chi connectivity index (χ4n) is 2.00. The fourth-order valence-corrected chi connectivity index (χ4v) is 2.00. The van der Waals surface area contributed by atoms with Crippen molar-refractivity contribution in [1.29, 1.82) is 0 Å². The van der Waals surface area contributed by atoms with Gasteiger partial charge in [-0.3, -0.25) is 10.1 Å². The van der Waals surface area contributed by atoms with E-state index in [2.05, 4.69) is 25.6 Å². The molecule has 0 radical (unpaired) electrons. The topological polar surface area (TPSA) is 80.9 Å². The van der Waals surface area contributed by atoms with E-state index in [-0.39, 0.29) is 5.91 Å². The van der Waals surface area contributed by atoms with Gasteiger partial charge in [0, 0.05) is 12.5 Å². The predicted octanol–water partition coefficient (Wildman–Crippen LogP) is 1.11. The van der Waals surface area contributed by atoms with Crippen molar-refractivity contribution in [3.05, 3.63) is 47.3 Å². The molecular formula is C17H22N5O+. The van der Waals surface area contributed by atoms with E-state index in [1.165, 1.54) is 5.56 Å². The van der Waals surface area contributed by atoms with Gasteiger partial charge >= 0.3 is 5.95 Å². The monoisotopic (exact) mass is 312 g/mol. The van der Waals surface area contributed by atoms with Crippen LogP contribution in [0, 0.1) is 20.8 Å². The van der Waals surface area contributed by atoms with E-state index in [0.29, 0.717) is 18.3 Å². The van der Waals surface area contributed by atoms with Crippen LogP contribution in [-0.2, 0) is 4.79 Å². The molecule has 0 aliphatic rings. The van der Waals surface area contributed by atoms with Gasteiger partial charge in [-0.25, -0.2) is 10.3 Å². The first-order valence-electron chi connectivity index (χ1n) is 7.56. The maximum absolute atomic E-state index is 11.7. The minimum atomic E-state index is -0.100. The molecule has 0 spiro atoms. The zero-order valence-corrected chi connectivity index (χ0v) is 13.9. The highest BCUT2D eigenvalue weighted by atomic mass is 16.1. The van der Waals surface area contributed by atoms with Crippen LogP contribution in [0.2, 0.25) is 0 Å². The van der Waals surface area contributed by atoms with Crippen molar-refractivity contribution in [3.63, 3.8) is 0 Å². The van der Waals surface area contributed by atoms with Crippen LogP contribution in [0.1, 0.15) is 30.3 Å². The van der Waals surface area contributed by atoms with Crippen molar-refractivity contribution in [2.24, 2.45) is 0 Å². The van der Waals surface area contributed by atoms with E-state index in [1.807, 2.05) is 51.1 Å². The molecule has 0 aliphatic heterocycles. The van der Waals surface area contributed by atoms with Gasteiger partial charge in [0.05, 0.1) is 17.1 Å². The highest BCUT2D eigenvalue weighted by molar-refractivity contribution is 6.01. The van der Waals surface area contributed by atoms with Crippen LogP contribution in [0.15, 0.2) is 30.3 Å². The Bertz CT molecular complexity index is 702. The number of guanidine groups is 1. The maximum atomic E-state index is 11.7. The molecule has 1 amide bonds. The van der Waals surface area contributed by atoms with Gasteiger partial charge in [-0.05, 0) is 32.9 Å². The minimum absolute atomic E-state index is 0.100. The molecule has 1 heterocycles. The molecule has 3 N–H and O–H groups in total. The molecular weight excluding hydrogens is 290 g/mol. The van der Waals surface area contributed by atoms with E-state index in [9.17, 15) is 4.79 Å². The van der Waals surface area contributed by atoms with Gasteiger partial charge in [0.25, 0.3) is 11.9 Å². The first-order valence-corrected chi connectivity index (χ1v) is 7.56. The zero-order chi connectivity index (χ0) is 16.8. The first kappa shape index (κ1) is 16.6. The molecule has 0 bridgehead atoms. The molecule has 2 rings (SSSR count). The molecule has 2 aromatic rings. The molecule has 6 heteroatoms. The van der Waals surface area contributed by atoms with Gasteiger partial charge in [-0.15, -0.1) is 9.97 Å². The lowest BCUT2D eigenvalue weighted by Gasteiger charge is -2.07. The number of carbonyl (C=O) groups excluding carboxylic acids is 1. The molecule has 23 heavy (non-hydrogen) atoms. The van der Waals surface area contributed by atoms with Crippen molar-refractivity contribution in [3.8, 4) is 0 Å². The number of aryl methyl sites for hydroxylation is 3. The van der Waals surface area contributed by atoms with Crippen molar-refractivity contribution in [2.45, 2.75) is 34.1 Å². The second-order valence-corrected chi connectivity index (χ2v) is 5.37. The summed E-state index contributed by atoms with van der Waals surface area (Å²) in [6, 6.07) is 9.77. The molecule has 1 aromatic heterocycles. The number of hydrogen-bond donors (Lipinski definition) is 3. The smallest absolute Gasteiger partial charge is 0.277 e. The average Bonchev–Trinajstić information content (AvgIpc) is 2.48. The lowest BCUT2D eigenvalue weighted by molar-refractivity contribution is -0.366. The van der Waals surface area contributed by atoms with Gasteiger partial charge < -0.3 is 0 Å². The van der Waals surface area contributed by atoms with Crippen LogP contribution in [-0.4, -0.2) is 21.8 Å². The lowest BCUT2D eigenvalue weighted by Crippen LogP contribution is -2.74. The second-order valence-electron chi connectivity index (χ2n) is 5.37. The largest absolute Gasteiger partial charge is 0.354 e. The average molecular weight is 312 g/mol. The van der Waals surface area contributed by atoms with E-state index >= 15 is 0 Å². The minimum Gasteiger partial charge on any atom is -0.277 e. The summed E-state index contributed by atoms with van der Waals surface area (Å²) < 4.78 is 0. The van der Waals surface area contributed by atoms with Crippen LogP contribution >= 0.6 is 0 Å². The Hall–Kier alpha value is -2.76. The van der Waals surface area contributed by atoms with E-state index < -0.39 is 0 Å². The fraction of sp³-hybridized carbons (Fsp3) is 0.294. The standard InChI is InChI=1S/C17H21N5O/c1-5-15(23)21-17(20-14-8-6-11(2)7-9-14)22-16-18-12(3)10-13(4)19-16/h6-10H,5H2,1-4H3,(H2,18,19,20,21,22,23)/p+1. The molecule has 6 nitrogen and oxygen atoms in total. The lowest BCUT2D eigenvalue weighted by atomic mass is 10.2. The molecule has 0 saturated heterocycles. The number of carbonyl (C=O) groups is 1. The number of nitrogens with one attached hydrogen (secondary N) is 3. The van der Waals surface area contributed by atoms with Gasteiger partial charge in [0.1, 0.15) is 0 Å². The van der Waals surface area contributed by atoms with Crippen LogP contribution in [0.25, 0.3) is 0 Å². The van der Waals surface area contributed by atoms with Gasteiger partial charge in [0.15, 0.2) is 0 Å². The Morgan fingerprint density at radius 2 is 1.70 bits per heavy atom. The predicted molar refractivity (Wildman–Crippen MR) is 90.4 cm³/mol. The summed E-state index contributed by atoms with van der Waals surface area (Å²) in [5.74, 6) is 0.774. The molecule has 1 aromatic carbocycles. The second kappa shape index (κ2) is 7.49. The molecule has 0 fully saturated rings. The summed E-state index contributed by atoms with van der Waals surface area (Å²) in [7, 11) is 0. The normalized spacial score (nSPS) is 11.2. The Labute approximate surface area is 136 Å². The molecule has 0 aliphatic carbocycles. The summed E-state index contributed by atoms with van der Waals surface area (Å²) in [5.41, 5.74) is 3.74.